The van der Waals surface area contributed by atoms with Gasteiger partial charge >= 0.3 is 0 Å². The van der Waals surface area contributed by atoms with Crippen molar-refractivity contribution in [2.45, 2.75) is 104 Å². The summed E-state index contributed by atoms with van der Waals surface area (Å²) in [5.74, 6) is 0.0250. The highest BCUT2D eigenvalue weighted by molar-refractivity contribution is 5.84. The topological polar surface area (TPSA) is 46.2 Å². The molecule has 1 amide bonds. The van der Waals surface area contributed by atoms with Gasteiger partial charge in [0.25, 0.3) is 0 Å². The summed E-state index contributed by atoms with van der Waals surface area (Å²) in [6.45, 7) is 3.93. The summed E-state index contributed by atoms with van der Waals surface area (Å²) in [7, 11) is 0. The van der Waals surface area contributed by atoms with Gasteiger partial charge in [0.1, 0.15) is 5.78 Å². The van der Waals surface area contributed by atoms with Crippen molar-refractivity contribution in [1.82, 2.24) is 5.32 Å². The Kier molecular flexibility index (Phi) is 15.9. The molecule has 0 aliphatic rings. The van der Waals surface area contributed by atoms with Gasteiger partial charge in [0.15, 0.2) is 0 Å². The fourth-order valence-corrected chi connectivity index (χ4v) is 2.61. The Morgan fingerprint density at radius 2 is 1.09 bits per heavy atom. The number of amides is 1. The average molecular weight is 312 g/mol. The van der Waals surface area contributed by atoms with E-state index in [0.717, 1.165) is 12.8 Å². The van der Waals surface area contributed by atoms with Crippen LogP contribution in [0.4, 0.5) is 0 Å². The van der Waals surface area contributed by atoms with E-state index in [9.17, 15) is 9.59 Å². The highest BCUT2D eigenvalue weighted by Gasteiger charge is 2.01. The van der Waals surface area contributed by atoms with Gasteiger partial charge in [-0.05, 0) is 13.3 Å². The van der Waals surface area contributed by atoms with Gasteiger partial charge in [0.05, 0.1) is 6.54 Å². The Hall–Kier alpha value is -0.860. The summed E-state index contributed by atoms with van der Waals surface area (Å²) in [5.41, 5.74) is 0. The van der Waals surface area contributed by atoms with Gasteiger partial charge < -0.3 is 5.32 Å². The van der Waals surface area contributed by atoms with Crippen LogP contribution in [0.15, 0.2) is 0 Å². The molecule has 130 valence electrons. The van der Waals surface area contributed by atoms with Gasteiger partial charge in [-0.25, -0.2) is 0 Å². The zero-order valence-electron chi connectivity index (χ0n) is 14.9. The van der Waals surface area contributed by atoms with E-state index in [1.807, 2.05) is 0 Å². The maximum absolute atomic E-state index is 11.4. The summed E-state index contributed by atoms with van der Waals surface area (Å²) in [4.78, 5) is 22.1. The monoisotopic (exact) mass is 311 g/mol. The minimum atomic E-state index is 0.0123. The van der Waals surface area contributed by atoms with Crippen molar-refractivity contribution in [3.8, 4) is 0 Å². The first-order valence-corrected chi connectivity index (χ1v) is 9.43. The molecule has 22 heavy (non-hydrogen) atoms. The van der Waals surface area contributed by atoms with Crippen LogP contribution >= 0.6 is 0 Å². The lowest BCUT2D eigenvalue weighted by Crippen LogP contribution is -2.27. The number of nitrogens with one attached hydrogen (secondary N) is 1. The molecule has 0 rings (SSSR count). The van der Waals surface area contributed by atoms with Crippen molar-refractivity contribution in [2.24, 2.45) is 0 Å². The molecule has 3 nitrogen and oxygen atoms in total. The second-order valence-electron chi connectivity index (χ2n) is 6.47. The Morgan fingerprint density at radius 1 is 0.682 bits per heavy atom. The molecule has 0 atom stereocenters. The maximum Gasteiger partial charge on any atom is 0.220 e. The van der Waals surface area contributed by atoms with Crippen molar-refractivity contribution >= 4 is 11.7 Å². The smallest absolute Gasteiger partial charge is 0.220 e. The maximum atomic E-state index is 11.4. The fourth-order valence-electron chi connectivity index (χ4n) is 2.61. The Bertz CT molecular complexity index is 277. The van der Waals surface area contributed by atoms with Gasteiger partial charge in [-0.2, -0.15) is 0 Å². The molecule has 0 aromatic rings. The SMILES string of the molecule is CCCCCCCCCCCCCCCC(=O)NCC(C)=O. The molecule has 0 bridgehead atoms. The molecule has 0 aromatic heterocycles. The minimum absolute atomic E-state index is 0.0123. The van der Waals surface area contributed by atoms with Gasteiger partial charge in [0, 0.05) is 6.42 Å². The van der Waals surface area contributed by atoms with Gasteiger partial charge in [0.2, 0.25) is 5.91 Å². The molecule has 0 heterocycles. The highest BCUT2D eigenvalue weighted by Crippen LogP contribution is 2.12. The van der Waals surface area contributed by atoms with E-state index < -0.39 is 0 Å². The van der Waals surface area contributed by atoms with Crippen LogP contribution in [0.2, 0.25) is 0 Å². The van der Waals surface area contributed by atoms with Crippen LogP contribution in [0.5, 0.6) is 0 Å². The third kappa shape index (κ3) is 17.2. The third-order valence-electron chi connectivity index (χ3n) is 4.04. The van der Waals surface area contributed by atoms with Crippen LogP contribution in [0.1, 0.15) is 104 Å². The second-order valence-corrected chi connectivity index (χ2v) is 6.47. The number of hydrogen-bond donors (Lipinski definition) is 1. The zero-order chi connectivity index (χ0) is 16.5. The quantitative estimate of drug-likeness (QED) is 0.400. The lowest BCUT2D eigenvalue weighted by molar-refractivity contribution is -0.124. The number of hydrogen-bond acceptors (Lipinski definition) is 2. The number of unbranched alkanes of at least 4 members (excludes halogenated alkanes) is 12. The number of carbonyl (C=O) groups is 2. The third-order valence-corrected chi connectivity index (χ3v) is 4.04. The summed E-state index contributed by atoms with van der Waals surface area (Å²) in [6.07, 6.45) is 17.6. The van der Waals surface area contributed by atoms with Gasteiger partial charge in [-0.15, -0.1) is 0 Å². The normalized spacial score (nSPS) is 10.6. The molecular weight excluding hydrogens is 274 g/mol. The summed E-state index contributed by atoms with van der Waals surface area (Å²) < 4.78 is 0. The molecular formula is C19H37NO2. The molecule has 0 aliphatic carbocycles. The predicted molar refractivity (Wildman–Crippen MR) is 94.0 cm³/mol. The lowest BCUT2D eigenvalue weighted by Gasteiger charge is -2.04. The second kappa shape index (κ2) is 16.5. The summed E-state index contributed by atoms with van der Waals surface area (Å²) >= 11 is 0. The Balaban J connectivity index is 3.11. The first-order valence-electron chi connectivity index (χ1n) is 9.43. The van der Waals surface area contributed by atoms with Gasteiger partial charge in [-0.3, -0.25) is 9.59 Å². The first-order chi connectivity index (χ1) is 10.7. The van der Waals surface area contributed by atoms with Crippen LogP contribution in [0.3, 0.4) is 0 Å². The van der Waals surface area contributed by atoms with Crippen LogP contribution in [-0.4, -0.2) is 18.2 Å². The van der Waals surface area contributed by atoms with E-state index in [2.05, 4.69) is 12.2 Å². The number of rotatable bonds is 16. The van der Waals surface area contributed by atoms with E-state index in [0.29, 0.717) is 6.42 Å². The van der Waals surface area contributed by atoms with E-state index in [1.165, 1.54) is 77.6 Å². The first kappa shape index (κ1) is 21.1. The zero-order valence-corrected chi connectivity index (χ0v) is 14.9. The fraction of sp³-hybridized carbons (Fsp3) is 0.895. The van der Waals surface area contributed by atoms with Crippen LogP contribution in [0.25, 0.3) is 0 Å². The molecule has 1 N–H and O–H groups in total. The molecule has 0 aromatic carbocycles. The molecule has 0 saturated carbocycles. The largest absolute Gasteiger partial charge is 0.349 e. The van der Waals surface area contributed by atoms with Crippen molar-refractivity contribution < 1.29 is 9.59 Å². The van der Waals surface area contributed by atoms with Crippen molar-refractivity contribution in [3.63, 3.8) is 0 Å². The number of ketones is 1. The van der Waals surface area contributed by atoms with Crippen LogP contribution in [0, 0.1) is 0 Å². The van der Waals surface area contributed by atoms with E-state index in [-0.39, 0.29) is 18.2 Å². The minimum Gasteiger partial charge on any atom is -0.349 e. The molecule has 0 fully saturated rings. The molecule has 0 aliphatic heterocycles. The average Bonchev–Trinajstić information content (AvgIpc) is 2.49. The van der Waals surface area contributed by atoms with E-state index in [4.69, 9.17) is 0 Å². The Labute approximate surface area is 137 Å². The molecule has 0 radical (unpaired) electrons. The van der Waals surface area contributed by atoms with Crippen molar-refractivity contribution in [2.75, 3.05) is 6.54 Å². The van der Waals surface area contributed by atoms with E-state index in [1.54, 1.807) is 0 Å². The predicted octanol–water partition coefficient (Wildman–Crippen LogP) is 5.17. The van der Waals surface area contributed by atoms with Crippen LogP contribution < -0.4 is 5.32 Å². The van der Waals surface area contributed by atoms with E-state index >= 15 is 0 Å². The van der Waals surface area contributed by atoms with Crippen molar-refractivity contribution in [3.05, 3.63) is 0 Å². The molecule has 0 spiro atoms. The summed E-state index contributed by atoms with van der Waals surface area (Å²) in [5, 5.41) is 2.64. The highest BCUT2D eigenvalue weighted by atomic mass is 16.2. The molecule has 0 unspecified atom stereocenters. The Morgan fingerprint density at radius 3 is 1.50 bits per heavy atom. The number of Topliss-reactive ketones (excluding diaryl/α,β-unsaturated/α-hetero) is 1. The van der Waals surface area contributed by atoms with Crippen LogP contribution in [-0.2, 0) is 9.59 Å². The summed E-state index contributed by atoms with van der Waals surface area (Å²) in [6, 6.07) is 0. The van der Waals surface area contributed by atoms with Gasteiger partial charge in [-0.1, -0.05) is 84.0 Å². The molecule has 3 heteroatoms. The lowest BCUT2D eigenvalue weighted by atomic mass is 10.0. The van der Waals surface area contributed by atoms with Crippen molar-refractivity contribution in [1.29, 1.82) is 0 Å². The standard InChI is InChI=1S/C19H37NO2/c1-3-4-5-6-7-8-9-10-11-12-13-14-15-16-19(22)20-17-18(2)21/h3-17H2,1-2H3,(H,20,22). The number of carbonyl (C=O) groups excluding carboxylic acids is 2. The molecule has 0 saturated heterocycles.